The van der Waals surface area contributed by atoms with Crippen LogP contribution in [0.4, 0.5) is 17.1 Å². The second-order valence-corrected chi connectivity index (χ2v) is 18.0. The van der Waals surface area contributed by atoms with Crippen molar-refractivity contribution in [3.63, 3.8) is 0 Å². The molecule has 0 N–H and O–H groups in total. The van der Waals surface area contributed by atoms with Crippen molar-refractivity contribution in [3.8, 4) is 55.6 Å². The first-order chi connectivity index (χ1) is 32.0. The summed E-state index contributed by atoms with van der Waals surface area (Å²) < 4.78 is 0. The van der Waals surface area contributed by atoms with Crippen molar-refractivity contribution in [1.82, 2.24) is 0 Å². The molecule has 0 fully saturated rings. The van der Waals surface area contributed by atoms with Gasteiger partial charge in [-0.3, -0.25) is 0 Å². The van der Waals surface area contributed by atoms with Crippen LogP contribution in [0.5, 0.6) is 0 Å². The van der Waals surface area contributed by atoms with Crippen LogP contribution in [0.15, 0.2) is 249 Å². The molecule has 10 aromatic carbocycles. The summed E-state index contributed by atoms with van der Waals surface area (Å²) in [5, 5.41) is 0. The summed E-state index contributed by atoms with van der Waals surface area (Å²) in [6, 6.07) is 92.1. The van der Waals surface area contributed by atoms with E-state index in [-0.39, 0.29) is 5.41 Å². The van der Waals surface area contributed by atoms with Gasteiger partial charge in [-0.2, -0.15) is 0 Å². The number of benzene rings is 10. The Balaban J connectivity index is 1.17. The molecule has 0 bridgehead atoms. The highest BCUT2D eigenvalue weighted by molar-refractivity contribution is 6.01. The van der Waals surface area contributed by atoms with Crippen LogP contribution < -0.4 is 4.90 Å². The lowest BCUT2D eigenvalue weighted by Crippen LogP contribution is -2.28. The maximum Gasteiger partial charge on any atom is 0.0714 e. The molecule has 0 saturated carbocycles. The van der Waals surface area contributed by atoms with E-state index in [9.17, 15) is 0 Å². The van der Waals surface area contributed by atoms with E-state index in [4.69, 9.17) is 0 Å². The van der Waals surface area contributed by atoms with E-state index >= 15 is 0 Å². The Morgan fingerprint density at radius 1 is 0.292 bits per heavy atom. The molecule has 2 aliphatic carbocycles. The minimum atomic E-state index is -0.537. The minimum absolute atomic E-state index is 0.179. The lowest BCUT2D eigenvalue weighted by atomic mass is 9.68. The van der Waals surface area contributed by atoms with E-state index in [2.05, 4.69) is 267 Å². The van der Waals surface area contributed by atoms with Crippen molar-refractivity contribution in [3.05, 3.63) is 282 Å². The number of anilines is 3. The zero-order valence-corrected chi connectivity index (χ0v) is 36.6. The molecule has 0 aliphatic heterocycles. The van der Waals surface area contributed by atoms with E-state index in [0.717, 1.165) is 28.2 Å². The lowest BCUT2D eigenvalue weighted by molar-refractivity contribution is 0.660. The van der Waals surface area contributed by atoms with Crippen LogP contribution in [0.2, 0.25) is 0 Å². The predicted molar refractivity (Wildman–Crippen MR) is 272 cm³/mol. The minimum Gasteiger partial charge on any atom is -0.309 e. The molecule has 12 rings (SSSR count). The Hall–Kier alpha value is -8.00. The highest BCUT2D eigenvalue weighted by Crippen LogP contribution is 2.60. The zero-order chi connectivity index (χ0) is 43.5. The molecule has 0 aromatic heterocycles. The molecule has 308 valence electrons. The SMILES string of the molecule is CC1(C)c2ccccc2-c2ccc(N(c3ccc(-c4ccccc4-c4ccccc4)cc3-c3ccccc3)c3cccc4c3-c3ccccc3C4(c3ccccc3)c3ccccc3)cc21. The van der Waals surface area contributed by atoms with E-state index in [1.54, 1.807) is 0 Å². The summed E-state index contributed by atoms with van der Waals surface area (Å²) in [5.74, 6) is 0. The summed E-state index contributed by atoms with van der Waals surface area (Å²) in [6.45, 7) is 4.76. The first-order valence-electron chi connectivity index (χ1n) is 22.8. The maximum absolute atomic E-state index is 2.57. The molecular weight excluding hydrogens is 783 g/mol. The summed E-state index contributed by atoms with van der Waals surface area (Å²) in [4.78, 5) is 2.57. The Morgan fingerprint density at radius 3 is 1.43 bits per heavy atom. The van der Waals surface area contributed by atoms with Crippen molar-refractivity contribution >= 4 is 17.1 Å². The van der Waals surface area contributed by atoms with Gasteiger partial charge in [0.05, 0.1) is 16.8 Å². The number of hydrogen-bond donors (Lipinski definition) is 0. The fourth-order valence-corrected chi connectivity index (χ4v) is 11.3. The van der Waals surface area contributed by atoms with Crippen LogP contribution in [0.25, 0.3) is 55.6 Å². The van der Waals surface area contributed by atoms with Crippen LogP contribution in [-0.2, 0) is 10.8 Å². The third-order valence-electron chi connectivity index (χ3n) is 14.2. The van der Waals surface area contributed by atoms with Crippen molar-refractivity contribution in [1.29, 1.82) is 0 Å². The third kappa shape index (κ3) is 6.00. The first-order valence-corrected chi connectivity index (χ1v) is 22.8. The van der Waals surface area contributed by atoms with Crippen LogP contribution in [0, 0.1) is 0 Å². The third-order valence-corrected chi connectivity index (χ3v) is 14.2. The first kappa shape index (κ1) is 38.7. The van der Waals surface area contributed by atoms with Crippen molar-refractivity contribution in [2.24, 2.45) is 0 Å². The van der Waals surface area contributed by atoms with Gasteiger partial charge < -0.3 is 4.90 Å². The molecule has 0 unspecified atom stereocenters. The molecule has 65 heavy (non-hydrogen) atoms. The maximum atomic E-state index is 2.57. The van der Waals surface area contributed by atoms with E-state index < -0.39 is 5.41 Å². The molecule has 0 atom stereocenters. The fraction of sp³-hybridized carbons (Fsp3) is 0.0625. The topological polar surface area (TPSA) is 3.24 Å². The van der Waals surface area contributed by atoms with Gasteiger partial charge >= 0.3 is 0 Å². The largest absolute Gasteiger partial charge is 0.309 e. The average Bonchev–Trinajstić information content (AvgIpc) is 3.81. The molecule has 0 saturated heterocycles. The van der Waals surface area contributed by atoms with E-state index in [1.807, 2.05) is 0 Å². The number of nitrogens with zero attached hydrogens (tertiary/aromatic N) is 1. The second-order valence-electron chi connectivity index (χ2n) is 18.0. The Kier molecular flexibility index (Phi) is 9.14. The summed E-state index contributed by atoms with van der Waals surface area (Å²) in [5.41, 5.74) is 22.7. The molecule has 10 aromatic rings. The van der Waals surface area contributed by atoms with Gasteiger partial charge in [-0.15, -0.1) is 0 Å². The fourth-order valence-electron chi connectivity index (χ4n) is 11.3. The van der Waals surface area contributed by atoms with Crippen LogP contribution in [-0.4, -0.2) is 0 Å². The molecule has 2 aliphatic rings. The summed E-state index contributed by atoms with van der Waals surface area (Å²) in [6.07, 6.45) is 0. The number of hydrogen-bond acceptors (Lipinski definition) is 1. The molecule has 0 heterocycles. The van der Waals surface area contributed by atoms with Gasteiger partial charge in [0.25, 0.3) is 0 Å². The zero-order valence-electron chi connectivity index (χ0n) is 36.6. The van der Waals surface area contributed by atoms with E-state index in [0.29, 0.717) is 0 Å². The Morgan fingerprint density at radius 2 is 0.785 bits per heavy atom. The molecule has 1 heteroatoms. The Labute approximate surface area is 382 Å². The van der Waals surface area contributed by atoms with Crippen LogP contribution in [0.1, 0.15) is 47.2 Å². The Bertz CT molecular complexity index is 3350. The average molecular weight is 830 g/mol. The number of rotatable bonds is 8. The van der Waals surface area contributed by atoms with Crippen molar-refractivity contribution in [2.45, 2.75) is 24.7 Å². The normalized spacial score (nSPS) is 13.6. The molecule has 1 nitrogen and oxygen atoms in total. The summed E-state index contributed by atoms with van der Waals surface area (Å²) in [7, 11) is 0. The predicted octanol–water partition coefficient (Wildman–Crippen LogP) is 16.8. The second kappa shape index (κ2) is 15.4. The van der Waals surface area contributed by atoms with Crippen LogP contribution in [0.3, 0.4) is 0 Å². The molecule has 0 radical (unpaired) electrons. The van der Waals surface area contributed by atoms with Gasteiger partial charge in [0, 0.05) is 22.2 Å². The van der Waals surface area contributed by atoms with E-state index in [1.165, 1.54) is 77.9 Å². The van der Waals surface area contributed by atoms with Crippen molar-refractivity contribution in [2.75, 3.05) is 4.90 Å². The quantitative estimate of drug-likeness (QED) is 0.147. The molecule has 0 spiro atoms. The number of fused-ring (bicyclic) bond motifs is 6. The monoisotopic (exact) mass is 829 g/mol. The molecule has 0 amide bonds. The van der Waals surface area contributed by atoms with Gasteiger partial charge in [-0.1, -0.05) is 232 Å². The van der Waals surface area contributed by atoms with Gasteiger partial charge in [-0.25, -0.2) is 0 Å². The smallest absolute Gasteiger partial charge is 0.0714 e. The van der Waals surface area contributed by atoms with Gasteiger partial charge in [0.2, 0.25) is 0 Å². The van der Waals surface area contributed by atoms with Gasteiger partial charge in [0.15, 0.2) is 0 Å². The highest BCUT2D eigenvalue weighted by atomic mass is 15.1. The van der Waals surface area contributed by atoms with Gasteiger partial charge in [-0.05, 0) is 108 Å². The van der Waals surface area contributed by atoms with Crippen LogP contribution >= 0.6 is 0 Å². The summed E-state index contributed by atoms with van der Waals surface area (Å²) >= 11 is 0. The van der Waals surface area contributed by atoms with Crippen molar-refractivity contribution < 1.29 is 0 Å². The molecular formula is C64H47N. The lowest BCUT2D eigenvalue weighted by Gasteiger charge is -2.35. The highest BCUT2D eigenvalue weighted by Gasteiger charge is 2.47. The van der Waals surface area contributed by atoms with Gasteiger partial charge in [0.1, 0.15) is 0 Å². The standard InChI is InChI=1S/C64H47N/c1-63(2)56-34-19-17-32-52(56)53-40-39-49(43-59(53)63)65(60-41-38-46(42-55(60)45-24-9-4-10-25-45)51-31-16-15-30-50(51)44-22-7-3-8-23-44)61-37-21-36-58-62(61)54-33-18-20-35-57(54)64(58,47-26-11-5-12-27-47)48-28-13-6-14-29-48/h3-43H,1-2H3.